The Morgan fingerprint density at radius 2 is 2.47 bits per heavy atom. The number of hydrogen-bond donors (Lipinski definition) is 1. The van der Waals surface area contributed by atoms with Crippen molar-refractivity contribution in [3.05, 3.63) is 10.6 Å². The summed E-state index contributed by atoms with van der Waals surface area (Å²) in [6, 6.07) is 0.103. The van der Waals surface area contributed by atoms with Crippen LogP contribution < -0.4 is 5.73 Å². The van der Waals surface area contributed by atoms with Crippen molar-refractivity contribution < 1.29 is 4.74 Å². The Labute approximate surface area is 107 Å². The molecule has 0 amide bonds. The van der Waals surface area contributed by atoms with E-state index < -0.39 is 0 Å². The lowest BCUT2D eigenvalue weighted by molar-refractivity contribution is 0.101. The van der Waals surface area contributed by atoms with Crippen molar-refractivity contribution in [3.8, 4) is 0 Å². The second kappa shape index (κ2) is 6.42. The third-order valence-corrected chi connectivity index (χ3v) is 4.22. The van der Waals surface area contributed by atoms with E-state index >= 15 is 0 Å². The van der Waals surface area contributed by atoms with Gasteiger partial charge in [-0.1, -0.05) is 11.4 Å². The number of hydrogen-bond acceptors (Lipinski definition) is 5. The van der Waals surface area contributed by atoms with Crippen LogP contribution in [0.2, 0.25) is 0 Å². The molecule has 2 unspecified atom stereocenters. The number of rotatable bonds is 6. The molecule has 1 aliphatic heterocycles. The van der Waals surface area contributed by atoms with Crippen LogP contribution >= 0.6 is 11.5 Å². The topological polar surface area (TPSA) is 61.0 Å². The quantitative estimate of drug-likeness (QED) is 0.848. The van der Waals surface area contributed by atoms with Crippen molar-refractivity contribution in [2.45, 2.75) is 57.6 Å². The fourth-order valence-electron chi connectivity index (χ4n) is 2.31. The summed E-state index contributed by atoms with van der Waals surface area (Å²) in [5.41, 5.74) is 7.26. The van der Waals surface area contributed by atoms with Crippen LogP contribution in [0.15, 0.2) is 0 Å². The Kier molecular flexibility index (Phi) is 4.88. The number of aromatic nitrogens is 2. The first-order valence-electron chi connectivity index (χ1n) is 6.49. The minimum Gasteiger partial charge on any atom is -0.378 e. The molecule has 17 heavy (non-hydrogen) atoms. The van der Waals surface area contributed by atoms with Crippen LogP contribution in [0.3, 0.4) is 0 Å². The first-order chi connectivity index (χ1) is 8.31. The monoisotopic (exact) mass is 255 g/mol. The molecule has 0 spiro atoms. The highest BCUT2D eigenvalue weighted by molar-refractivity contribution is 7.05. The van der Waals surface area contributed by atoms with Gasteiger partial charge in [0.25, 0.3) is 0 Å². The molecule has 2 N–H and O–H groups in total. The van der Waals surface area contributed by atoms with Crippen LogP contribution in [0.5, 0.6) is 0 Å². The lowest BCUT2D eigenvalue weighted by Crippen LogP contribution is -2.12. The minimum absolute atomic E-state index is 0.103. The summed E-state index contributed by atoms with van der Waals surface area (Å²) in [5, 5.41) is 4.11. The van der Waals surface area contributed by atoms with Crippen LogP contribution in [0.4, 0.5) is 0 Å². The number of nitrogens with zero attached hydrogens (tertiary/aromatic N) is 2. The molecule has 1 aromatic rings. The van der Waals surface area contributed by atoms with E-state index in [-0.39, 0.29) is 6.04 Å². The molecule has 0 aliphatic carbocycles. The van der Waals surface area contributed by atoms with Crippen molar-refractivity contribution in [1.82, 2.24) is 9.59 Å². The van der Waals surface area contributed by atoms with E-state index in [4.69, 9.17) is 10.5 Å². The van der Waals surface area contributed by atoms with Gasteiger partial charge in [0.1, 0.15) is 0 Å². The zero-order chi connectivity index (χ0) is 12.1. The summed E-state index contributed by atoms with van der Waals surface area (Å²) in [6.45, 7) is 3.04. The highest BCUT2D eigenvalue weighted by Gasteiger charge is 2.17. The molecule has 0 bridgehead atoms. The predicted molar refractivity (Wildman–Crippen MR) is 69.0 cm³/mol. The van der Waals surface area contributed by atoms with Crippen molar-refractivity contribution in [2.24, 2.45) is 5.73 Å². The number of ether oxygens (including phenoxy) is 1. The third kappa shape index (κ3) is 3.47. The summed E-state index contributed by atoms with van der Waals surface area (Å²) < 4.78 is 9.59. The molecule has 2 atom stereocenters. The Morgan fingerprint density at radius 3 is 3.18 bits per heavy atom. The molecule has 0 radical (unpaired) electrons. The normalized spacial score (nSPS) is 21.9. The molecule has 1 saturated heterocycles. The minimum atomic E-state index is 0.103. The summed E-state index contributed by atoms with van der Waals surface area (Å²) in [7, 11) is 0. The van der Waals surface area contributed by atoms with Gasteiger partial charge in [0.15, 0.2) is 0 Å². The smallest absolute Gasteiger partial charge is 0.0800 e. The van der Waals surface area contributed by atoms with Gasteiger partial charge in [-0.05, 0) is 50.1 Å². The van der Waals surface area contributed by atoms with Gasteiger partial charge in [0.2, 0.25) is 0 Å². The average Bonchev–Trinajstić information content (AvgIpc) is 2.99. The lowest BCUT2D eigenvalue weighted by atomic mass is 10.0. The van der Waals surface area contributed by atoms with Crippen LogP contribution in [-0.4, -0.2) is 22.3 Å². The second-order valence-corrected chi connectivity index (χ2v) is 5.40. The van der Waals surface area contributed by atoms with Crippen LogP contribution in [0.25, 0.3) is 0 Å². The SMILES string of the molecule is CCc1nnsc1C(N)CCCC1CCCO1. The molecule has 96 valence electrons. The molecule has 1 fully saturated rings. The van der Waals surface area contributed by atoms with Gasteiger partial charge in [-0.3, -0.25) is 0 Å². The van der Waals surface area contributed by atoms with E-state index in [1.165, 1.54) is 29.3 Å². The Balaban J connectivity index is 1.74. The van der Waals surface area contributed by atoms with Gasteiger partial charge in [0, 0.05) is 12.6 Å². The molecule has 2 rings (SSSR count). The van der Waals surface area contributed by atoms with Gasteiger partial charge < -0.3 is 10.5 Å². The molecule has 1 aromatic heterocycles. The standard InChI is InChI=1S/C12H21N3OS/c1-2-11-12(17-15-14-11)10(13)7-3-5-9-6-4-8-16-9/h9-10H,2-8,13H2,1H3. The van der Waals surface area contributed by atoms with Crippen molar-refractivity contribution >= 4 is 11.5 Å². The van der Waals surface area contributed by atoms with Crippen molar-refractivity contribution in [3.63, 3.8) is 0 Å². The Bertz CT molecular complexity index is 336. The predicted octanol–water partition coefficient (Wildman–Crippen LogP) is 2.45. The fourth-order valence-corrected chi connectivity index (χ4v) is 3.08. The molecular weight excluding hydrogens is 234 g/mol. The van der Waals surface area contributed by atoms with Crippen molar-refractivity contribution in [1.29, 1.82) is 0 Å². The average molecular weight is 255 g/mol. The molecule has 2 heterocycles. The van der Waals surface area contributed by atoms with E-state index in [1.807, 2.05) is 0 Å². The maximum atomic E-state index is 6.19. The van der Waals surface area contributed by atoms with Crippen molar-refractivity contribution in [2.75, 3.05) is 6.61 Å². The molecular formula is C12H21N3OS. The molecule has 0 aromatic carbocycles. The summed E-state index contributed by atoms with van der Waals surface area (Å²) >= 11 is 1.45. The Morgan fingerprint density at radius 1 is 1.59 bits per heavy atom. The van der Waals surface area contributed by atoms with Gasteiger partial charge >= 0.3 is 0 Å². The highest BCUT2D eigenvalue weighted by Crippen LogP contribution is 2.25. The van der Waals surface area contributed by atoms with E-state index in [2.05, 4.69) is 16.5 Å². The third-order valence-electron chi connectivity index (χ3n) is 3.32. The van der Waals surface area contributed by atoms with E-state index in [0.29, 0.717) is 6.10 Å². The molecule has 5 heteroatoms. The Hall–Kier alpha value is -0.520. The summed E-state index contributed by atoms with van der Waals surface area (Å²) in [4.78, 5) is 1.17. The van der Waals surface area contributed by atoms with Gasteiger partial charge in [-0.25, -0.2) is 0 Å². The van der Waals surface area contributed by atoms with E-state index in [1.54, 1.807) is 0 Å². The van der Waals surface area contributed by atoms with Gasteiger partial charge in [-0.2, -0.15) is 0 Å². The fraction of sp³-hybridized carbons (Fsp3) is 0.833. The van der Waals surface area contributed by atoms with E-state index in [0.717, 1.165) is 38.0 Å². The summed E-state index contributed by atoms with van der Waals surface area (Å²) in [6.07, 6.45) is 7.12. The zero-order valence-electron chi connectivity index (χ0n) is 10.4. The number of nitrogens with two attached hydrogens (primary N) is 1. The van der Waals surface area contributed by atoms with Crippen LogP contribution in [-0.2, 0) is 11.2 Å². The number of aryl methyl sites for hydroxylation is 1. The second-order valence-electron chi connectivity index (χ2n) is 4.61. The van der Waals surface area contributed by atoms with Gasteiger partial charge in [0.05, 0.1) is 16.7 Å². The maximum Gasteiger partial charge on any atom is 0.0800 e. The largest absolute Gasteiger partial charge is 0.378 e. The van der Waals surface area contributed by atoms with E-state index in [9.17, 15) is 0 Å². The molecule has 1 aliphatic rings. The molecule has 0 saturated carbocycles. The first-order valence-corrected chi connectivity index (χ1v) is 7.27. The first kappa shape index (κ1) is 12.9. The molecule has 4 nitrogen and oxygen atoms in total. The van der Waals surface area contributed by atoms with Crippen LogP contribution in [0.1, 0.15) is 55.6 Å². The summed E-state index contributed by atoms with van der Waals surface area (Å²) in [5.74, 6) is 0. The maximum absolute atomic E-state index is 6.19. The highest BCUT2D eigenvalue weighted by atomic mass is 32.1. The van der Waals surface area contributed by atoms with Crippen LogP contribution in [0, 0.1) is 0 Å². The zero-order valence-corrected chi connectivity index (χ0v) is 11.2. The lowest BCUT2D eigenvalue weighted by Gasteiger charge is -2.12. The van der Waals surface area contributed by atoms with Gasteiger partial charge in [-0.15, -0.1) is 5.10 Å².